The van der Waals surface area contributed by atoms with Gasteiger partial charge >= 0.3 is 6.36 Å². The van der Waals surface area contributed by atoms with Crippen molar-refractivity contribution in [3.8, 4) is 28.0 Å². The lowest BCUT2D eigenvalue weighted by molar-refractivity contribution is -0.274. The summed E-state index contributed by atoms with van der Waals surface area (Å²) in [5.41, 5.74) is 6.10. The topological polar surface area (TPSA) is 9.23 Å². The fourth-order valence-electron chi connectivity index (χ4n) is 4.09. The Balaban J connectivity index is 1.65. The molecule has 0 aliphatic heterocycles. The van der Waals surface area contributed by atoms with Gasteiger partial charge in [-0.2, -0.15) is 0 Å². The fraction of sp³-hybridized carbons (Fsp3) is 0.280. The molecule has 0 saturated heterocycles. The van der Waals surface area contributed by atoms with Gasteiger partial charge in [0.15, 0.2) is 0 Å². The molecule has 5 heteroatoms. The summed E-state index contributed by atoms with van der Waals surface area (Å²) in [5, 5.41) is 0. The Kier molecular flexibility index (Phi) is 5.54. The highest BCUT2D eigenvalue weighted by Crippen LogP contribution is 2.39. The quantitative estimate of drug-likeness (QED) is 0.393. The molecule has 0 N–H and O–H groups in total. The van der Waals surface area contributed by atoms with Crippen LogP contribution in [0.5, 0.6) is 5.75 Å². The van der Waals surface area contributed by atoms with E-state index >= 15 is 4.39 Å². The minimum Gasteiger partial charge on any atom is -0.406 e. The van der Waals surface area contributed by atoms with Gasteiger partial charge in [-0.3, -0.25) is 0 Å². The van der Waals surface area contributed by atoms with Crippen LogP contribution in [0, 0.1) is 5.82 Å². The molecule has 1 aliphatic carbocycles. The monoisotopic (exact) mass is 414 g/mol. The maximum Gasteiger partial charge on any atom is 0.573 e. The second-order valence-corrected chi connectivity index (χ2v) is 7.62. The van der Waals surface area contributed by atoms with E-state index in [1.165, 1.54) is 35.4 Å². The van der Waals surface area contributed by atoms with Crippen LogP contribution in [0.3, 0.4) is 0 Å². The summed E-state index contributed by atoms with van der Waals surface area (Å²) in [7, 11) is 0. The smallest absolute Gasteiger partial charge is 0.406 e. The number of halogens is 4. The average Bonchev–Trinajstić information content (AvgIpc) is 2.72. The van der Waals surface area contributed by atoms with Gasteiger partial charge in [-0.15, -0.1) is 13.2 Å². The number of rotatable bonds is 5. The van der Waals surface area contributed by atoms with Crippen LogP contribution in [0.4, 0.5) is 17.6 Å². The molecular weight excluding hydrogens is 392 g/mol. The standard InChI is InChI=1S/C25H22F4O/c1-2-3-4-16-5-11-20-18(15-16)8-12-23-22(20)14-13-21(24(23)26)17-6-9-19(10-7-17)30-25(27,28)29/h5-7,9-11,13-15H,2-4,8,12H2,1H3. The zero-order chi connectivity index (χ0) is 21.3. The summed E-state index contributed by atoms with van der Waals surface area (Å²) in [5.74, 6) is -0.630. The van der Waals surface area contributed by atoms with E-state index in [-0.39, 0.29) is 11.6 Å². The Labute approximate surface area is 173 Å². The van der Waals surface area contributed by atoms with Gasteiger partial charge in [0, 0.05) is 5.56 Å². The predicted octanol–water partition coefficient (Wildman–Crippen LogP) is 7.50. The Morgan fingerprint density at radius 2 is 1.57 bits per heavy atom. The maximum atomic E-state index is 15.3. The summed E-state index contributed by atoms with van der Waals surface area (Å²) in [6, 6.07) is 15.4. The van der Waals surface area contributed by atoms with Crippen molar-refractivity contribution in [1.29, 1.82) is 0 Å². The van der Waals surface area contributed by atoms with Crippen molar-refractivity contribution in [2.45, 2.75) is 45.4 Å². The molecule has 1 aliphatic rings. The Morgan fingerprint density at radius 1 is 0.867 bits per heavy atom. The molecule has 0 amide bonds. The second-order valence-electron chi connectivity index (χ2n) is 7.62. The highest BCUT2D eigenvalue weighted by molar-refractivity contribution is 5.78. The van der Waals surface area contributed by atoms with Gasteiger partial charge in [0.2, 0.25) is 0 Å². The van der Waals surface area contributed by atoms with Crippen LogP contribution in [0.1, 0.15) is 36.5 Å². The number of hydrogen-bond acceptors (Lipinski definition) is 1. The first-order valence-corrected chi connectivity index (χ1v) is 10.2. The lowest BCUT2D eigenvalue weighted by Gasteiger charge is -2.22. The first-order valence-electron chi connectivity index (χ1n) is 10.2. The molecule has 0 heterocycles. The zero-order valence-electron chi connectivity index (χ0n) is 16.7. The van der Waals surface area contributed by atoms with Crippen LogP contribution in [-0.2, 0) is 19.3 Å². The summed E-state index contributed by atoms with van der Waals surface area (Å²) in [6.45, 7) is 2.17. The zero-order valence-corrected chi connectivity index (χ0v) is 16.7. The van der Waals surface area contributed by atoms with Crippen molar-refractivity contribution in [3.63, 3.8) is 0 Å². The van der Waals surface area contributed by atoms with Crippen LogP contribution in [0.2, 0.25) is 0 Å². The third-order valence-electron chi connectivity index (χ3n) is 5.57. The van der Waals surface area contributed by atoms with Crippen molar-refractivity contribution in [2.24, 2.45) is 0 Å². The highest BCUT2D eigenvalue weighted by Gasteiger charge is 2.31. The molecule has 0 spiro atoms. The van der Waals surface area contributed by atoms with Crippen LogP contribution in [0.15, 0.2) is 54.6 Å². The number of aryl methyl sites for hydroxylation is 2. The molecule has 4 rings (SSSR count). The fourth-order valence-corrected chi connectivity index (χ4v) is 4.09. The molecule has 0 saturated carbocycles. The van der Waals surface area contributed by atoms with E-state index in [9.17, 15) is 13.2 Å². The van der Waals surface area contributed by atoms with Crippen molar-refractivity contribution in [3.05, 3.63) is 77.1 Å². The lowest BCUT2D eigenvalue weighted by Crippen LogP contribution is -2.16. The van der Waals surface area contributed by atoms with Gasteiger partial charge in [0.05, 0.1) is 0 Å². The lowest BCUT2D eigenvalue weighted by atomic mass is 9.82. The average molecular weight is 414 g/mol. The summed E-state index contributed by atoms with van der Waals surface area (Å²) in [4.78, 5) is 0. The minimum absolute atomic E-state index is 0.308. The molecule has 156 valence electrons. The SMILES string of the molecule is CCCCc1ccc2c(c1)CCc1c-2ccc(-c2ccc(OC(F)(F)F)cc2)c1F. The van der Waals surface area contributed by atoms with Crippen LogP contribution in [-0.4, -0.2) is 6.36 Å². The third kappa shape index (κ3) is 4.20. The summed E-state index contributed by atoms with van der Waals surface area (Å²) < 4.78 is 56.3. The number of benzene rings is 3. The normalized spacial score (nSPS) is 13.0. The van der Waals surface area contributed by atoms with Crippen molar-refractivity contribution < 1.29 is 22.3 Å². The first kappa shape index (κ1) is 20.5. The van der Waals surface area contributed by atoms with E-state index in [4.69, 9.17) is 0 Å². The molecular formula is C25H22F4O. The molecule has 0 radical (unpaired) electrons. The molecule has 0 aromatic heterocycles. The van der Waals surface area contributed by atoms with Crippen molar-refractivity contribution in [2.75, 3.05) is 0 Å². The number of hydrogen-bond donors (Lipinski definition) is 0. The van der Waals surface area contributed by atoms with Gasteiger partial charge in [-0.05, 0) is 71.2 Å². The largest absolute Gasteiger partial charge is 0.573 e. The van der Waals surface area contributed by atoms with Gasteiger partial charge < -0.3 is 4.74 Å². The molecule has 1 nitrogen and oxygen atoms in total. The maximum absolute atomic E-state index is 15.3. The Hall–Kier alpha value is -2.82. The van der Waals surface area contributed by atoms with Crippen molar-refractivity contribution in [1.82, 2.24) is 0 Å². The van der Waals surface area contributed by atoms with E-state index in [0.29, 0.717) is 23.1 Å². The molecule has 0 bridgehead atoms. The molecule has 0 atom stereocenters. The second kappa shape index (κ2) is 8.13. The third-order valence-corrected chi connectivity index (χ3v) is 5.57. The molecule has 30 heavy (non-hydrogen) atoms. The molecule has 3 aromatic carbocycles. The number of fused-ring (bicyclic) bond motifs is 3. The van der Waals surface area contributed by atoms with Crippen molar-refractivity contribution >= 4 is 0 Å². The Morgan fingerprint density at radius 3 is 2.27 bits per heavy atom. The van der Waals surface area contributed by atoms with Gasteiger partial charge in [0.25, 0.3) is 0 Å². The number of alkyl halides is 3. The number of unbranched alkanes of at least 4 members (excludes halogenated alkanes) is 1. The van der Waals surface area contributed by atoms with E-state index < -0.39 is 6.36 Å². The first-order chi connectivity index (χ1) is 14.4. The summed E-state index contributed by atoms with van der Waals surface area (Å²) >= 11 is 0. The molecule has 0 unspecified atom stereocenters. The minimum atomic E-state index is -4.75. The number of ether oxygens (including phenoxy) is 1. The van der Waals surface area contributed by atoms with Gasteiger partial charge in [0.1, 0.15) is 11.6 Å². The highest BCUT2D eigenvalue weighted by atomic mass is 19.4. The van der Waals surface area contributed by atoms with Crippen LogP contribution >= 0.6 is 0 Å². The van der Waals surface area contributed by atoms with Crippen LogP contribution < -0.4 is 4.74 Å². The summed E-state index contributed by atoms with van der Waals surface area (Å²) in [6.07, 6.45) is -0.00666. The van der Waals surface area contributed by atoms with E-state index in [1.807, 2.05) is 6.07 Å². The van der Waals surface area contributed by atoms with Gasteiger partial charge in [-0.25, -0.2) is 4.39 Å². The van der Waals surface area contributed by atoms with E-state index in [0.717, 1.165) is 36.8 Å². The molecule has 0 fully saturated rings. The Bertz CT molecular complexity index is 1050. The van der Waals surface area contributed by atoms with E-state index in [1.54, 1.807) is 6.07 Å². The molecule has 3 aromatic rings. The van der Waals surface area contributed by atoms with E-state index in [2.05, 4.69) is 29.9 Å². The predicted molar refractivity (Wildman–Crippen MR) is 110 cm³/mol. The van der Waals surface area contributed by atoms with Crippen LogP contribution in [0.25, 0.3) is 22.3 Å². The van der Waals surface area contributed by atoms with Gasteiger partial charge in [-0.1, -0.05) is 55.8 Å².